The lowest BCUT2D eigenvalue weighted by Gasteiger charge is -2.08. The molecule has 144 valence electrons. The maximum Gasteiger partial charge on any atom is 0.226 e. The number of sulfone groups is 1. The lowest BCUT2D eigenvalue weighted by atomic mass is 10.0. The van der Waals surface area contributed by atoms with Gasteiger partial charge in [-0.1, -0.05) is 60.7 Å². The summed E-state index contributed by atoms with van der Waals surface area (Å²) >= 11 is 6.15. The van der Waals surface area contributed by atoms with Crippen LogP contribution in [0.3, 0.4) is 0 Å². The highest BCUT2D eigenvalue weighted by Crippen LogP contribution is 2.28. The minimum Gasteiger partial charge on any atom is -0.224 e. The summed E-state index contributed by atoms with van der Waals surface area (Å²) in [6.45, 7) is 0. The summed E-state index contributed by atoms with van der Waals surface area (Å²) in [6, 6.07) is 23.9. The van der Waals surface area contributed by atoms with E-state index < -0.39 is 9.84 Å². The van der Waals surface area contributed by atoms with Gasteiger partial charge in [0.2, 0.25) is 5.28 Å². The zero-order valence-electron chi connectivity index (χ0n) is 15.4. The van der Waals surface area contributed by atoms with E-state index in [4.69, 9.17) is 11.6 Å². The molecule has 5 nitrogen and oxygen atoms in total. The van der Waals surface area contributed by atoms with Crippen LogP contribution in [0.1, 0.15) is 0 Å². The van der Waals surface area contributed by atoms with Gasteiger partial charge in [0.25, 0.3) is 0 Å². The molecule has 0 saturated heterocycles. The number of halogens is 1. The number of rotatable bonds is 4. The minimum absolute atomic E-state index is 0.110. The number of aromatic nitrogens is 3. The van der Waals surface area contributed by atoms with E-state index in [0.717, 1.165) is 22.3 Å². The van der Waals surface area contributed by atoms with Crippen molar-refractivity contribution in [3.63, 3.8) is 0 Å². The van der Waals surface area contributed by atoms with Crippen LogP contribution in [0.2, 0.25) is 5.28 Å². The van der Waals surface area contributed by atoms with Gasteiger partial charge in [0.1, 0.15) is 0 Å². The fourth-order valence-corrected chi connectivity index (χ4v) is 3.77. The van der Waals surface area contributed by atoms with Crippen molar-refractivity contribution < 1.29 is 8.42 Å². The molecule has 4 aromatic rings. The summed E-state index contributed by atoms with van der Waals surface area (Å²) in [7, 11) is -3.29. The van der Waals surface area contributed by atoms with Crippen LogP contribution in [0.15, 0.2) is 83.8 Å². The molecule has 0 fully saturated rings. The minimum atomic E-state index is -3.29. The Labute approximate surface area is 174 Å². The Morgan fingerprint density at radius 2 is 1.21 bits per heavy atom. The second-order valence-electron chi connectivity index (χ2n) is 6.50. The summed E-state index contributed by atoms with van der Waals surface area (Å²) in [5, 5.41) is 0.110. The van der Waals surface area contributed by atoms with Crippen LogP contribution < -0.4 is 0 Å². The Balaban J connectivity index is 1.78. The highest BCUT2D eigenvalue weighted by molar-refractivity contribution is 7.90. The summed E-state index contributed by atoms with van der Waals surface area (Å²) in [4.78, 5) is 13.3. The molecule has 3 aromatic carbocycles. The number of nitrogens with zero attached hydrogens (tertiary/aromatic N) is 3. The first-order valence-corrected chi connectivity index (χ1v) is 11.0. The van der Waals surface area contributed by atoms with E-state index in [1.807, 2.05) is 60.7 Å². The quantitative estimate of drug-likeness (QED) is 0.467. The van der Waals surface area contributed by atoms with Crippen molar-refractivity contribution in [1.82, 2.24) is 15.0 Å². The van der Waals surface area contributed by atoms with E-state index in [9.17, 15) is 8.42 Å². The average Bonchev–Trinajstić information content (AvgIpc) is 2.73. The highest BCUT2D eigenvalue weighted by atomic mass is 35.5. The lowest BCUT2D eigenvalue weighted by Crippen LogP contribution is -1.98. The van der Waals surface area contributed by atoms with E-state index in [0.29, 0.717) is 11.6 Å². The Morgan fingerprint density at radius 3 is 1.90 bits per heavy atom. The molecule has 0 saturated carbocycles. The van der Waals surface area contributed by atoms with Gasteiger partial charge >= 0.3 is 0 Å². The third-order valence-electron chi connectivity index (χ3n) is 4.36. The molecule has 0 amide bonds. The largest absolute Gasteiger partial charge is 0.226 e. The van der Waals surface area contributed by atoms with Gasteiger partial charge in [-0.3, -0.25) is 0 Å². The van der Waals surface area contributed by atoms with Crippen LogP contribution in [0, 0.1) is 0 Å². The molecule has 7 heteroatoms. The first kappa shape index (κ1) is 19.2. The zero-order chi connectivity index (χ0) is 20.4. The second kappa shape index (κ2) is 7.73. The van der Waals surface area contributed by atoms with Crippen LogP contribution in [-0.4, -0.2) is 29.6 Å². The van der Waals surface area contributed by atoms with Crippen molar-refractivity contribution in [3.05, 3.63) is 84.1 Å². The smallest absolute Gasteiger partial charge is 0.224 e. The standard InChI is InChI=1S/C22H16ClN3O2S/c1-29(27,28)19-12-6-10-17(14-19)16-9-5-11-18(13-16)21-24-20(25-22(23)26-21)15-7-3-2-4-8-15/h2-14H,1H3. The molecular weight excluding hydrogens is 406 g/mol. The molecule has 0 radical (unpaired) electrons. The number of benzene rings is 3. The number of hydrogen-bond acceptors (Lipinski definition) is 5. The monoisotopic (exact) mass is 421 g/mol. The average molecular weight is 422 g/mol. The molecule has 0 atom stereocenters. The molecule has 1 aromatic heterocycles. The van der Waals surface area contributed by atoms with Crippen molar-refractivity contribution in [2.24, 2.45) is 0 Å². The van der Waals surface area contributed by atoms with Crippen molar-refractivity contribution in [3.8, 4) is 33.9 Å². The third kappa shape index (κ3) is 4.34. The van der Waals surface area contributed by atoms with Crippen LogP contribution in [0.25, 0.3) is 33.9 Å². The van der Waals surface area contributed by atoms with Gasteiger partial charge < -0.3 is 0 Å². The fraction of sp³-hybridized carbons (Fsp3) is 0.0455. The number of hydrogen-bond donors (Lipinski definition) is 0. The van der Waals surface area contributed by atoms with Crippen molar-refractivity contribution in [1.29, 1.82) is 0 Å². The first-order chi connectivity index (χ1) is 13.9. The Hall–Kier alpha value is -3.09. The molecular formula is C22H16ClN3O2S. The van der Waals surface area contributed by atoms with Crippen molar-refractivity contribution in [2.75, 3.05) is 6.26 Å². The van der Waals surface area contributed by atoms with Gasteiger partial charge in [-0.25, -0.2) is 13.4 Å². The van der Waals surface area contributed by atoms with Crippen LogP contribution in [0.5, 0.6) is 0 Å². The predicted molar refractivity (Wildman–Crippen MR) is 114 cm³/mol. The maximum absolute atomic E-state index is 11.9. The van der Waals surface area contributed by atoms with E-state index in [2.05, 4.69) is 15.0 Å². The summed E-state index contributed by atoms with van der Waals surface area (Å²) < 4.78 is 23.7. The van der Waals surface area contributed by atoms with Gasteiger partial charge in [0, 0.05) is 17.4 Å². The second-order valence-corrected chi connectivity index (χ2v) is 8.85. The van der Waals surface area contributed by atoms with Crippen molar-refractivity contribution in [2.45, 2.75) is 4.90 Å². The van der Waals surface area contributed by atoms with E-state index in [1.165, 1.54) is 6.26 Å². The Bertz CT molecular complexity index is 1290. The van der Waals surface area contributed by atoms with Crippen LogP contribution >= 0.6 is 11.6 Å². The molecule has 0 aliphatic heterocycles. The third-order valence-corrected chi connectivity index (χ3v) is 5.64. The maximum atomic E-state index is 11.9. The molecule has 4 rings (SSSR count). The van der Waals surface area contributed by atoms with E-state index in [-0.39, 0.29) is 10.2 Å². The normalized spacial score (nSPS) is 11.4. The van der Waals surface area contributed by atoms with Gasteiger partial charge in [-0.2, -0.15) is 9.97 Å². The molecule has 1 heterocycles. The highest BCUT2D eigenvalue weighted by Gasteiger charge is 2.12. The van der Waals surface area contributed by atoms with Gasteiger partial charge in [-0.15, -0.1) is 0 Å². The molecule has 0 unspecified atom stereocenters. The zero-order valence-corrected chi connectivity index (χ0v) is 17.0. The summed E-state index contributed by atoms with van der Waals surface area (Å²) in [5.41, 5.74) is 3.24. The van der Waals surface area contributed by atoms with Crippen LogP contribution in [-0.2, 0) is 9.84 Å². The van der Waals surface area contributed by atoms with Gasteiger partial charge in [-0.05, 0) is 40.9 Å². The molecule has 0 spiro atoms. The van der Waals surface area contributed by atoms with Crippen LogP contribution in [0.4, 0.5) is 0 Å². The summed E-state index contributed by atoms with van der Waals surface area (Å²) in [6.07, 6.45) is 1.19. The van der Waals surface area contributed by atoms with E-state index >= 15 is 0 Å². The first-order valence-electron chi connectivity index (χ1n) is 8.78. The summed E-state index contributed by atoms with van der Waals surface area (Å²) in [5.74, 6) is 0.940. The molecule has 0 aliphatic rings. The predicted octanol–water partition coefficient (Wildman–Crippen LogP) is 4.93. The topological polar surface area (TPSA) is 72.8 Å². The van der Waals surface area contributed by atoms with Gasteiger partial charge in [0.15, 0.2) is 21.5 Å². The van der Waals surface area contributed by atoms with E-state index in [1.54, 1.807) is 18.2 Å². The molecule has 0 aliphatic carbocycles. The lowest BCUT2D eigenvalue weighted by molar-refractivity contribution is 0.602. The molecule has 0 bridgehead atoms. The fourth-order valence-electron chi connectivity index (χ4n) is 2.94. The molecule has 0 N–H and O–H groups in total. The SMILES string of the molecule is CS(=O)(=O)c1cccc(-c2cccc(-c3nc(Cl)nc(-c4ccccc4)n3)c2)c1. The van der Waals surface area contributed by atoms with Crippen molar-refractivity contribution >= 4 is 21.4 Å². The Morgan fingerprint density at radius 1 is 0.655 bits per heavy atom. The van der Waals surface area contributed by atoms with Gasteiger partial charge in [0.05, 0.1) is 4.90 Å². The molecule has 29 heavy (non-hydrogen) atoms. The Kier molecular flexibility index (Phi) is 5.13.